The van der Waals surface area contributed by atoms with Crippen LogP contribution in [0.1, 0.15) is 26.2 Å². The van der Waals surface area contributed by atoms with E-state index in [1.54, 1.807) is 7.11 Å². The molecule has 0 aliphatic carbocycles. The van der Waals surface area contributed by atoms with Gasteiger partial charge in [-0.25, -0.2) is 0 Å². The summed E-state index contributed by atoms with van der Waals surface area (Å²) in [5.41, 5.74) is 0. The lowest BCUT2D eigenvalue weighted by molar-refractivity contribution is -0.125. The second-order valence-electron chi connectivity index (χ2n) is 3.98. The first-order chi connectivity index (χ1) is 7.29. The molecule has 1 aliphatic heterocycles. The summed E-state index contributed by atoms with van der Waals surface area (Å²) >= 11 is 0. The van der Waals surface area contributed by atoms with Crippen molar-refractivity contribution in [2.75, 3.05) is 33.4 Å². The molecule has 1 aliphatic rings. The zero-order valence-electron chi connectivity index (χ0n) is 9.79. The summed E-state index contributed by atoms with van der Waals surface area (Å²) < 4.78 is 4.90. The van der Waals surface area contributed by atoms with E-state index in [1.807, 2.05) is 0 Å². The number of hydrogen-bond donors (Lipinski definition) is 1. The highest BCUT2D eigenvalue weighted by Crippen LogP contribution is 2.17. The zero-order valence-corrected chi connectivity index (χ0v) is 9.79. The van der Waals surface area contributed by atoms with Crippen LogP contribution in [0, 0.1) is 0 Å². The summed E-state index contributed by atoms with van der Waals surface area (Å²) in [5, 5.41) is 2.91. The largest absolute Gasteiger partial charge is 0.383 e. The first-order valence-corrected chi connectivity index (χ1v) is 5.80. The maximum absolute atomic E-state index is 11.8. The fourth-order valence-electron chi connectivity index (χ4n) is 2.07. The quantitative estimate of drug-likeness (QED) is 0.659. The average molecular weight is 214 g/mol. The molecule has 1 amide bonds. The van der Waals surface area contributed by atoms with Gasteiger partial charge >= 0.3 is 0 Å². The van der Waals surface area contributed by atoms with Gasteiger partial charge in [0, 0.05) is 13.7 Å². The van der Waals surface area contributed by atoms with Gasteiger partial charge in [-0.1, -0.05) is 6.92 Å². The molecular weight excluding hydrogens is 192 g/mol. The lowest BCUT2D eigenvalue weighted by atomic mass is 10.2. The number of carbonyl (C=O) groups is 1. The summed E-state index contributed by atoms with van der Waals surface area (Å²) in [6.45, 7) is 5.45. The Hall–Kier alpha value is -0.610. The molecule has 1 unspecified atom stereocenters. The van der Waals surface area contributed by atoms with E-state index in [1.165, 1.54) is 0 Å². The minimum Gasteiger partial charge on any atom is -0.383 e. The summed E-state index contributed by atoms with van der Waals surface area (Å²) in [5.74, 6) is 0.165. The van der Waals surface area contributed by atoms with Crippen LogP contribution < -0.4 is 5.32 Å². The number of methoxy groups -OCH3 is 1. The van der Waals surface area contributed by atoms with Gasteiger partial charge in [0.2, 0.25) is 5.91 Å². The first-order valence-electron chi connectivity index (χ1n) is 5.80. The molecule has 0 spiro atoms. The SMILES string of the molecule is CCCN1CCCC1C(=O)NCCOC. The molecule has 15 heavy (non-hydrogen) atoms. The van der Waals surface area contributed by atoms with Crippen molar-refractivity contribution in [2.24, 2.45) is 0 Å². The van der Waals surface area contributed by atoms with Crippen LogP contribution in [0.5, 0.6) is 0 Å². The van der Waals surface area contributed by atoms with Crippen LogP contribution in [-0.2, 0) is 9.53 Å². The van der Waals surface area contributed by atoms with E-state index < -0.39 is 0 Å². The van der Waals surface area contributed by atoms with Crippen molar-refractivity contribution in [3.63, 3.8) is 0 Å². The molecule has 0 bridgehead atoms. The number of hydrogen-bond acceptors (Lipinski definition) is 3. The number of likely N-dealkylation sites (tertiary alicyclic amines) is 1. The smallest absolute Gasteiger partial charge is 0.237 e. The van der Waals surface area contributed by atoms with Crippen molar-refractivity contribution in [1.82, 2.24) is 10.2 Å². The molecule has 0 aromatic heterocycles. The predicted molar refractivity (Wildman–Crippen MR) is 59.8 cm³/mol. The van der Waals surface area contributed by atoms with Crippen LogP contribution >= 0.6 is 0 Å². The van der Waals surface area contributed by atoms with Crippen molar-refractivity contribution < 1.29 is 9.53 Å². The fourth-order valence-corrected chi connectivity index (χ4v) is 2.07. The van der Waals surface area contributed by atoms with Crippen molar-refractivity contribution in [1.29, 1.82) is 0 Å². The van der Waals surface area contributed by atoms with Gasteiger partial charge in [0.25, 0.3) is 0 Å². The van der Waals surface area contributed by atoms with Crippen molar-refractivity contribution in [3.8, 4) is 0 Å². The Morgan fingerprint density at radius 2 is 2.40 bits per heavy atom. The Morgan fingerprint density at radius 3 is 3.07 bits per heavy atom. The highest BCUT2D eigenvalue weighted by Gasteiger charge is 2.29. The van der Waals surface area contributed by atoms with Gasteiger partial charge in [-0.3, -0.25) is 9.69 Å². The molecule has 1 atom stereocenters. The Kier molecular flexibility index (Phi) is 5.65. The minimum atomic E-state index is 0.0989. The van der Waals surface area contributed by atoms with Gasteiger partial charge in [0.15, 0.2) is 0 Å². The van der Waals surface area contributed by atoms with Gasteiger partial charge in [-0.15, -0.1) is 0 Å². The highest BCUT2D eigenvalue weighted by molar-refractivity contribution is 5.82. The molecule has 4 nitrogen and oxygen atoms in total. The number of ether oxygens (including phenoxy) is 1. The van der Waals surface area contributed by atoms with Crippen LogP contribution in [0.2, 0.25) is 0 Å². The van der Waals surface area contributed by atoms with Crippen LogP contribution in [0.4, 0.5) is 0 Å². The third-order valence-corrected chi connectivity index (χ3v) is 2.78. The molecule has 1 N–H and O–H groups in total. The molecule has 0 saturated carbocycles. The third kappa shape index (κ3) is 3.80. The van der Waals surface area contributed by atoms with E-state index in [4.69, 9.17) is 4.74 Å². The summed E-state index contributed by atoms with van der Waals surface area (Å²) in [7, 11) is 1.64. The molecule has 0 radical (unpaired) electrons. The number of nitrogens with zero attached hydrogens (tertiary/aromatic N) is 1. The van der Waals surface area contributed by atoms with Gasteiger partial charge in [-0.05, 0) is 32.4 Å². The second kappa shape index (κ2) is 6.80. The molecule has 4 heteroatoms. The van der Waals surface area contributed by atoms with Crippen LogP contribution in [-0.4, -0.2) is 50.2 Å². The standard InChI is InChI=1S/C11H22N2O2/c1-3-7-13-8-4-5-10(13)11(14)12-6-9-15-2/h10H,3-9H2,1-2H3,(H,12,14). The molecule has 0 aromatic rings. The fraction of sp³-hybridized carbons (Fsp3) is 0.909. The molecule has 1 rings (SSSR count). The molecule has 1 fully saturated rings. The maximum Gasteiger partial charge on any atom is 0.237 e. The Morgan fingerprint density at radius 1 is 1.60 bits per heavy atom. The number of amides is 1. The van der Waals surface area contributed by atoms with Gasteiger partial charge < -0.3 is 10.1 Å². The van der Waals surface area contributed by atoms with Crippen molar-refractivity contribution in [2.45, 2.75) is 32.2 Å². The topological polar surface area (TPSA) is 41.6 Å². The van der Waals surface area contributed by atoms with Crippen LogP contribution in [0.25, 0.3) is 0 Å². The molecule has 0 aromatic carbocycles. The van der Waals surface area contributed by atoms with Gasteiger partial charge in [-0.2, -0.15) is 0 Å². The van der Waals surface area contributed by atoms with E-state index in [9.17, 15) is 4.79 Å². The van der Waals surface area contributed by atoms with E-state index >= 15 is 0 Å². The molecular formula is C11H22N2O2. The monoisotopic (exact) mass is 214 g/mol. The second-order valence-corrected chi connectivity index (χ2v) is 3.98. The Balaban J connectivity index is 2.30. The molecule has 1 saturated heterocycles. The van der Waals surface area contributed by atoms with E-state index in [0.717, 1.165) is 32.4 Å². The van der Waals surface area contributed by atoms with Crippen LogP contribution in [0.15, 0.2) is 0 Å². The van der Waals surface area contributed by atoms with E-state index in [2.05, 4.69) is 17.1 Å². The molecule has 1 heterocycles. The lowest BCUT2D eigenvalue weighted by Gasteiger charge is -2.22. The zero-order chi connectivity index (χ0) is 11.1. The Bertz CT molecular complexity index is 197. The average Bonchev–Trinajstić information content (AvgIpc) is 2.67. The summed E-state index contributed by atoms with van der Waals surface area (Å²) in [4.78, 5) is 14.1. The lowest BCUT2D eigenvalue weighted by Crippen LogP contribution is -2.44. The predicted octanol–water partition coefficient (Wildman–Crippen LogP) is 0.623. The number of carbonyl (C=O) groups excluding carboxylic acids is 1. The van der Waals surface area contributed by atoms with Gasteiger partial charge in [0.1, 0.15) is 0 Å². The van der Waals surface area contributed by atoms with E-state index in [0.29, 0.717) is 13.2 Å². The minimum absolute atomic E-state index is 0.0989. The Labute approximate surface area is 92.0 Å². The normalized spacial score (nSPS) is 21.9. The summed E-state index contributed by atoms with van der Waals surface area (Å²) in [6.07, 6.45) is 3.25. The highest BCUT2D eigenvalue weighted by atomic mass is 16.5. The first kappa shape index (κ1) is 12.5. The third-order valence-electron chi connectivity index (χ3n) is 2.78. The molecule has 88 valence electrons. The van der Waals surface area contributed by atoms with Crippen molar-refractivity contribution >= 4 is 5.91 Å². The van der Waals surface area contributed by atoms with Gasteiger partial charge in [0.05, 0.1) is 12.6 Å². The van der Waals surface area contributed by atoms with E-state index in [-0.39, 0.29) is 11.9 Å². The maximum atomic E-state index is 11.8. The number of rotatable bonds is 6. The van der Waals surface area contributed by atoms with Crippen molar-refractivity contribution in [3.05, 3.63) is 0 Å². The van der Waals surface area contributed by atoms with Crippen LogP contribution in [0.3, 0.4) is 0 Å². The number of nitrogens with one attached hydrogen (secondary N) is 1. The summed E-state index contributed by atoms with van der Waals surface area (Å²) in [6, 6.07) is 0.0989.